The van der Waals surface area contributed by atoms with E-state index in [1.807, 2.05) is 13.0 Å². The summed E-state index contributed by atoms with van der Waals surface area (Å²) in [5, 5.41) is 0. The number of nitrogens with zero attached hydrogens (tertiary/aromatic N) is 2. The van der Waals surface area contributed by atoms with E-state index in [1.165, 1.54) is 0 Å². The van der Waals surface area contributed by atoms with Crippen LogP contribution in [-0.2, 0) is 4.79 Å². The Hall–Kier alpha value is -1.25. The van der Waals surface area contributed by atoms with Gasteiger partial charge in [0.25, 0.3) is 0 Å². The molecule has 0 N–H and O–H groups in total. The lowest BCUT2D eigenvalue weighted by Crippen LogP contribution is -2.18. The number of hydrogen-bond donors (Lipinski definition) is 0. The fraction of sp³-hybridized carbons (Fsp3) is 0.643. The summed E-state index contributed by atoms with van der Waals surface area (Å²) < 4.78 is 0. The monoisotopic (exact) mass is 234 g/mol. The number of ketones is 1. The van der Waals surface area contributed by atoms with Gasteiger partial charge in [0.05, 0.1) is 11.6 Å². The largest absolute Gasteiger partial charge is 0.299 e. The van der Waals surface area contributed by atoms with E-state index in [4.69, 9.17) is 0 Å². The molecule has 0 spiro atoms. The molecule has 17 heavy (non-hydrogen) atoms. The molecule has 0 saturated carbocycles. The molecule has 0 radical (unpaired) electrons. The smallest absolute Gasteiger partial charge is 0.139 e. The first-order chi connectivity index (χ1) is 7.82. The average Bonchev–Trinajstić information content (AvgIpc) is 2.15. The molecule has 0 saturated heterocycles. The summed E-state index contributed by atoms with van der Waals surface area (Å²) >= 11 is 0. The van der Waals surface area contributed by atoms with Gasteiger partial charge in [-0.2, -0.15) is 0 Å². The summed E-state index contributed by atoms with van der Waals surface area (Å²) in [5.74, 6) is 1.43. The van der Waals surface area contributed by atoms with Gasteiger partial charge >= 0.3 is 0 Å². The van der Waals surface area contributed by atoms with Crippen molar-refractivity contribution in [3.8, 4) is 0 Å². The van der Waals surface area contributed by atoms with Crippen LogP contribution in [0.5, 0.6) is 0 Å². The van der Waals surface area contributed by atoms with E-state index in [9.17, 15) is 4.79 Å². The van der Waals surface area contributed by atoms with Crippen LogP contribution in [0.2, 0.25) is 0 Å². The van der Waals surface area contributed by atoms with Crippen molar-refractivity contribution < 1.29 is 4.79 Å². The topological polar surface area (TPSA) is 42.9 Å². The Balaban J connectivity index is 3.24. The van der Waals surface area contributed by atoms with Crippen molar-refractivity contribution in [2.75, 3.05) is 0 Å². The Kier molecular flexibility index (Phi) is 4.38. The molecule has 3 heteroatoms. The molecule has 0 bridgehead atoms. The summed E-state index contributed by atoms with van der Waals surface area (Å²) in [4.78, 5) is 20.7. The number of carbonyl (C=O) groups is 1. The van der Waals surface area contributed by atoms with Gasteiger partial charge in [-0.1, -0.05) is 27.7 Å². The summed E-state index contributed by atoms with van der Waals surface area (Å²) in [7, 11) is 0. The first-order valence-electron chi connectivity index (χ1n) is 6.18. The lowest BCUT2D eigenvalue weighted by atomic mass is 9.88. The maximum Gasteiger partial charge on any atom is 0.139 e. The van der Waals surface area contributed by atoms with Crippen LogP contribution in [0, 0.1) is 12.8 Å². The Morgan fingerprint density at radius 1 is 1.18 bits per heavy atom. The highest BCUT2D eigenvalue weighted by molar-refractivity contribution is 5.83. The lowest BCUT2D eigenvalue weighted by Gasteiger charge is -2.19. The minimum atomic E-state index is -0.116. The molecule has 0 aromatic carbocycles. The van der Waals surface area contributed by atoms with Gasteiger partial charge in [0.1, 0.15) is 11.6 Å². The Labute approximate surface area is 104 Å². The zero-order valence-electron chi connectivity index (χ0n) is 11.6. The number of carbonyl (C=O) groups excluding carboxylic acids is 1. The minimum Gasteiger partial charge on any atom is -0.299 e. The van der Waals surface area contributed by atoms with Crippen molar-refractivity contribution in [2.24, 2.45) is 5.92 Å². The highest BCUT2D eigenvalue weighted by atomic mass is 16.1. The van der Waals surface area contributed by atoms with E-state index in [1.54, 1.807) is 6.92 Å². The predicted octanol–water partition coefficient (Wildman–Crippen LogP) is 3.24. The Morgan fingerprint density at radius 3 is 2.18 bits per heavy atom. The highest BCUT2D eigenvalue weighted by Crippen LogP contribution is 2.25. The zero-order valence-corrected chi connectivity index (χ0v) is 11.6. The first-order valence-corrected chi connectivity index (χ1v) is 6.18. The second-order valence-electron chi connectivity index (χ2n) is 5.28. The standard InChI is InChI=1S/C14H22N2O/c1-8(2)13(11(6)17)12-7-10(5)15-14(16-12)9(3)4/h7-9,13H,1-6H3. The summed E-state index contributed by atoms with van der Waals surface area (Å²) in [6.07, 6.45) is 0. The van der Waals surface area contributed by atoms with E-state index < -0.39 is 0 Å². The molecule has 0 aliphatic carbocycles. The van der Waals surface area contributed by atoms with Gasteiger partial charge in [-0.05, 0) is 25.8 Å². The number of rotatable bonds is 4. The molecule has 1 unspecified atom stereocenters. The van der Waals surface area contributed by atoms with E-state index in [-0.39, 0.29) is 23.5 Å². The molecule has 0 fully saturated rings. The van der Waals surface area contributed by atoms with E-state index in [0.717, 1.165) is 17.2 Å². The SMILES string of the molecule is CC(=O)C(c1cc(C)nc(C(C)C)n1)C(C)C. The molecular formula is C14H22N2O. The van der Waals surface area contributed by atoms with Crippen LogP contribution in [0.25, 0.3) is 0 Å². The quantitative estimate of drug-likeness (QED) is 0.803. The van der Waals surface area contributed by atoms with Crippen LogP contribution in [-0.4, -0.2) is 15.8 Å². The molecule has 1 aromatic rings. The van der Waals surface area contributed by atoms with Crippen LogP contribution in [0.3, 0.4) is 0 Å². The fourth-order valence-corrected chi connectivity index (χ4v) is 2.05. The fourth-order valence-electron chi connectivity index (χ4n) is 2.05. The van der Waals surface area contributed by atoms with Gasteiger partial charge in [0.15, 0.2) is 0 Å². The molecule has 1 heterocycles. The van der Waals surface area contributed by atoms with Crippen molar-refractivity contribution in [1.82, 2.24) is 9.97 Å². The van der Waals surface area contributed by atoms with Crippen LogP contribution in [0.4, 0.5) is 0 Å². The third-order valence-corrected chi connectivity index (χ3v) is 2.83. The Morgan fingerprint density at radius 2 is 1.76 bits per heavy atom. The van der Waals surface area contributed by atoms with Gasteiger partial charge in [0, 0.05) is 11.6 Å². The molecule has 1 rings (SSSR count). The van der Waals surface area contributed by atoms with Gasteiger partial charge in [-0.3, -0.25) is 4.79 Å². The average molecular weight is 234 g/mol. The van der Waals surface area contributed by atoms with Crippen LogP contribution < -0.4 is 0 Å². The van der Waals surface area contributed by atoms with Crippen molar-refractivity contribution in [1.29, 1.82) is 0 Å². The molecule has 94 valence electrons. The molecule has 1 aromatic heterocycles. The number of hydrogen-bond acceptors (Lipinski definition) is 3. The van der Waals surface area contributed by atoms with Gasteiger partial charge in [-0.15, -0.1) is 0 Å². The maximum atomic E-state index is 11.7. The number of aromatic nitrogens is 2. The lowest BCUT2D eigenvalue weighted by molar-refractivity contribution is -0.119. The molecule has 1 atom stereocenters. The van der Waals surface area contributed by atoms with E-state index >= 15 is 0 Å². The number of aryl methyl sites for hydroxylation is 1. The number of Topliss-reactive ketones (excluding diaryl/α,β-unsaturated/α-hetero) is 1. The first kappa shape index (κ1) is 13.8. The Bertz CT molecular complexity index is 411. The van der Waals surface area contributed by atoms with Crippen LogP contribution in [0.15, 0.2) is 6.07 Å². The van der Waals surface area contributed by atoms with Gasteiger partial charge in [-0.25, -0.2) is 9.97 Å². The summed E-state index contributed by atoms with van der Waals surface area (Å²) in [5.41, 5.74) is 1.80. The minimum absolute atomic E-state index is 0.116. The summed E-state index contributed by atoms with van der Waals surface area (Å²) in [6, 6.07) is 1.93. The second-order valence-corrected chi connectivity index (χ2v) is 5.28. The van der Waals surface area contributed by atoms with Crippen molar-refractivity contribution in [3.05, 3.63) is 23.3 Å². The molecule has 0 amide bonds. The van der Waals surface area contributed by atoms with Gasteiger partial charge < -0.3 is 0 Å². The van der Waals surface area contributed by atoms with E-state index in [0.29, 0.717) is 0 Å². The molecule has 0 aliphatic rings. The molecule has 0 aliphatic heterocycles. The maximum absolute atomic E-state index is 11.7. The molecule has 3 nitrogen and oxygen atoms in total. The van der Waals surface area contributed by atoms with Crippen LogP contribution in [0.1, 0.15) is 63.7 Å². The zero-order chi connectivity index (χ0) is 13.2. The third kappa shape index (κ3) is 3.35. The van der Waals surface area contributed by atoms with Gasteiger partial charge in [0.2, 0.25) is 0 Å². The second kappa shape index (κ2) is 5.39. The predicted molar refractivity (Wildman–Crippen MR) is 69.1 cm³/mol. The van der Waals surface area contributed by atoms with Crippen LogP contribution >= 0.6 is 0 Å². The third-order valence-electron chi connectivity index (χ3n) is 2.83. The summed E-state index contributed by atoms with van der Waals surface area (Å²) in [6.45, 7) is 11.8. The van der Waals surface area contributed by atoms with Crippen molar-refractivity contribution in [3.63, 3.8) is 0 Å². The normalized spacial score (nSPS) is 13.2. The van der Waals surface area contributed by atoms with E-state index in [2.05, 4.69) is 37.7 Å². The highest BCUT2D eigenvalue weighted by Gasteiger charge is 2.23. The van der Waals surface area contributed by atoms with Crippen molar-refractivity contribution in [2.45, 2.75) is 53.4 Å². The van der Waals surface area contributed by atoms with Crippen molar-refractivity contribution >= 4 is 5.78 Å². The molecular weight excluding hydrogens is 212 g/mol.